The van der Waals surface area contributed by atoms with Crippen LogP contribution in [0.15, 0.2) is 71.9 Å². The SMILES string of the molecule is Cc1c(C(=O)OCCc2ccccc2)sc2ncn(CC(=O)c3c[nH]c4ccccc34)c(=O)c12. The van der Waals surface area contributed by atoms with E-state index in [0.717, 1.165) is 27.8 Å². The van der Waals surface area contributed by atoms with Crippen LogP contribution >= 0.6 is 11.3 Å². The first kappa shape index (κ1) is 21.8. The van der Waals surface area contributed by atoms with Crippen LogP contribution in [-0.4, -0.2) is 32.9 Å². The molecule has 0 aliphatic heterocycles. The molecule has 7 nitrogen and oxygen atoms in total. The standard InChI is InChI=1S/C26H21N3O4S/c1-16-22-24(34-23(16)26(32)33-12-11-17-7-3-2-4-8-17)28-15-29(25(22)31)14-21(30)19-13-27-20-10-6-5-9-18(19)20/h2-10,13,15,27H,11-12,14H2,1H3. The van der Waals surface area contributed by atoms with Gasteiger partial charge in [-0.05, 0) is 24.1 Å². The van der Waals surface area contributed by atoms with Crippen molar-refractivity contribution in [3.8, 4) is 0 Å². The van der Waals surface area contributed by atoms with Gasteiger partial charge in [-0.25, -0.2) is 9.78 Å². The third kappa shape index (κ3) is 4.04. The van der Waals surface area contributed by atoms with Gasteiger partial charge in [-0.15, -0.1) is 11.3 Å². The minimum atomic E-state index is -0.475. The molecule has 34 heavy (non-hydrogen) atoms. The van der Waals surface area contributed by atoms with E-state index in [-0.39, 0.29) is 24.5 Å². The monoisotopic (exact) mass is 471 g/mol. The highest BCUT2D eigenvalue weighted by Gasteiger charge is 2.21. The van der Waals surface area contributed by atoms with E-state index in [1.54, 1.807) is 13.1 Å². The summed E-state index contributed by atoms with van der Waals surface area (Å²) in [7, 11) is 0. The maximum atomic E-state index is 13.2. The molecule has 0 aliphatic rings. The molecule has 0 bridgehead atoms. The van der Waals surface area contributed by atoms with Crippen molar-refractivity contribution in [2.75, 3.05) is 6.61 Å². The largest absolute Gasteiger partial charge is 0.461 e. The maximum absolute atomic E-state index is 13.2. The van der Waals surface area contributed by atoms with Gasteiger partial charge >= 0.3 is 5.97 Å². The predicted molar refractivity (Wildman–Crippen MR) is 132 cm³/mol. The van der Waals surface area contributed by atoms with Crippen molar-refractivity contribution in [2.45, 2.75) is 19.9 Å². The Morgan fingerprint density at radius 1 is 1.09 bits per heavy atom. The smallest absolute Gasteiger partial charge is 0.348 e. The number of nitrogens with zero attached hydrogens (tertiary/aromatic N) is 2. The minimum absolute atomic E-state index is 0.143. The number of hydrogen-bond acceptors (Lipinski definition) is 6. The number of rotatable bonds is 7. The number of fused-ring (bicyclic) bond motifs is 2. The summed E-state index contributed by atoms with van der Waals surface area (Å²) < 4.78 is 6.73. The topological polar surface area (TPSA) is 94.0 Å². The number of thiophene rings is 1. The van der Waals surface area contributed by atoms with Crippen LogP contribution in [0.25, 0.3) is 21.1 Å². The molecule has 2 aromatic carbocycles. The first-order chi connectivity index (χ1) is 16.5. The predicted octanol–water partition coefficient (Wildman–Crippen LogP) is 4.53. The van der Waals surface area contributed by atoms with Crippen molar-refractivity contribution in [1.29, 1.82) is 0 Å². The first-order valence-electron chi connectivity index (χ1n) is 10.8. The van der Waals surface area contributed by atoms with Gasteiger partial charge < -0.3 is 9.72 Å². The fraction of sp³-hybridized carbons (Fsp3) is 0.154. The zero-order valence-corrected chi connectivity index (χ0v) is 19.2. The number of carbonyl (C=O) groups is 2. The number of aromatic nitrogens is 3. The quantitative estimate of drug-likeness (QED) is 0.278. The second kappa shape index (κ2) is 9.07. The van der Waals surface area contributed by atoms with Gasteiger partial charge in [0.15, 0.2) is 5.78 Å². The number of para-hydroxylation sites is 1. The lowest BCUT2D eigenvalue weighted by Gasteiger charge is -2.05. The lowest BCUT2D eigenvalue weighted by atomic mass is 10.1. The zero-order chi connectivity index (χ0) is 23.7. The summed E-state index contributed by atoms with van der Waals surface area (Å²) in [5.74, 6) is -0.675. The molecule has 0 spiro atoms. The molecule has 0 saturated carbocycles. The molecule has 0 radical (unpaired) electrons. The fourth-order valence-electron chi connectivity index (χ4n) is 3.98. The van der Waals surface area contributed by atoms with Crippen molar-refractivity contribution >= 4 is 44.2 Å². The Balaban J connectivity index is 1.37. The average Bonchev–Trinajstić information content (AvgIpc) is 3.43. The molecule has 3 aromatic heterocycles. The van der Waals surface area contributed by atoms with Crippen LogP contribution in [0.5, 0.6) is 0 Å². The summed E-state index contributed by atoms with van der Waals surface area (Å²) in [4.78, 5) is 47.0. The Labute approximate surface area is 198 Å². The molecule has 0 unspecified atom stereocenters. The van der Waals surface area contributed by atoms with E-state index < -0.39 is 5.97 Å². The number of carbonyl (C=O) groups excluding carboxylic acids is 2. The molecule has 0 aliphatic carbocycles. The average molecular weight is 472 g/mol. The number of ketones is 1. The van der Waals surface area contributed by atoms with E-state index in [0.29, 0.717) is 32.6 Å². The summed E-state index contributed by atoms with van der Waals surface area (Å²) >= 11 is 1.13. The highest BCUT2D eigenvalue weighted by atomic mass is 32.1. The van der Waals surface area contributed by atoms with E-state index in [9.17, 15) is 14.4 Å². The third-order valence-corrected chi connectivity index (χ3v) is 6.95. The van der Waals surface area contributed by atoms with Crippen molar-refractivity contribution in [1.82, 2.24) is 14.5 Å². The molecule has 0 atom stereocenters. The number of Topliss-reactive ketones (excluding diaryl/α,β-unsaturated/α-hetero) is 1. The normalized spacial score (nSPS) is 11.2. The second-order valence-electron chi connectivity index (χ2n) is 7.96. The molecule has 1 N–H and O–H groups in total. The number of nitrogens with one attached hydrogen (secondary N) is 1. The number of aromatic amines is 1. The van der Waals surface area contributed by atoms with E-state index >= 15 is 0 Å². The van der Waals surface area contributed by atoms with Crippen LogP contribution < -0.4 is 5.56 Å². The van der Waals surface area contributed by atoms with Crippen LogP contribution in [0.4, 0.5) is 0 Å². The highest BCUT2D eigenvalue weighted by molar-refractivity contribution is 7.20. The Kier molecular flexibility index (Phi) is 5.81. The van der Waals surface area contributed by atoms with E-state index in [2.05, 4.69) is 9.97 Å². The Morgan fingerprint density at radius 3 is 2.68 bits per heavy atom. The maximum Gasteiger partial charge on any atom is 0.348 e. The summed E-state index contributed by atoms with van der Waals surface area (Å²) in [5, 5.41) is 1.15. The van der Waals surface area contributed by atoms with E-state index in [1.165, 1.54) is 10.9 Å². The first-order valence-corrected chi connectivity index (χ1v) is 11.6. The Morgan fingerprint density at radius 2 is 1.85 bits per heavy atom. The molecule has 5 aromatic rings. The Bertz CT molecular complexity index is 1580. The van der Waals surface area contributed by atoms with Crippen LogP contribution in [0, 0.1) is 6.92 Å². The van der Waals surface area contributed by atoms with Gasteiger partial charge in [0.1, 0.15) is 9.71 Å². The number of benzene rings is 2. The molecule has 170 valence electrons. The fourth-order valence-corrected chi connectivity index (χ4v) is 5.01. The molecule has 0 amide bonds. The van der Waals surface area contributed by atoms with Gasteiger partial charge in [0.25, 0.3) is 5.56 Å². The van der Waals surface area contributed by atoms with Crippen molar-refractivity contribution in [3.63, 3.8) is 0 Å². The van der Waals surface area contributed by atoms with Crippen molar-refractivity contribution in [3.05, 3.63) is 99.0 Å². The summed E-state index contributed by atoms with van der Waals surface area (Å²) in [5.41, 5.74) is 2.63. The van der Waals surface area contributed by atoms with Gasteiger partial charge in [-0.2, -0.15) is 0 Å². The van der Waals surface area contributed by atoms with E-state index in [1.807, 2.05) is 54.6 Å². The number of ether oxygens (including phenoxy) is 1. The van der Waals surface area contributed by atoms with Crippen molar-refractivity contribution in [2.24, 2.45) is 0 Å². The summed E-state index contributed by atoms with van der Waals surface area (Å²) in [6, 6.07) is 17.3. The molecular formula is C26H21N3O4S. The minimum Gasteiger partial charge on any atom is -0.461 e. The summed E-state index contributed by atoms with van der Waals surface area (Å²) in [6.07, 6.45) is 3.62. The van der Waals surface area contributed by atoms with Gasteiger partial charge in [0.2, 0.25) is 0 Å². The van der Waals surface area contributed by atoms with Gasteiger partial charge in [0.05, 0.1) is 24.9 Å². The van der Waals surface area contributed by atoms with Crippen LogP contribution in [-0.2, 0) is 17.7 Å². The van der Waals surface area contributed by atoms with Crippen LogP contribution in [0.2, 0.25) is 0 Å². The second-order valence-corrected chi connectivity index (χ2v) is 8.96. The third-order valence-electron chi connectivity index (χ3n) is 5.77. The molecule has 0 fully saturated rings. The summed E-state index contributed by atoms with van der Waals surface area (Å²) in [6.45, 7) is 1.81. The van der Waals surface area contributed by atoms with Crippen molar-refractivity contribution < 1.29 is 14.3 Å². The molecular weight excluding hydrogens is 450 g/mol. The van der Waals surface area contributed by atoms with Crippen LogP contribution in [0.1, 0.15) is 31.2 Å². The van der Waals surface area contributed by atoms with E-state index in [4.69, 9.17) is 4.74 Å². The van der Waals surface area contributed by atoms with Gasteiger partial charge in [-0.1, -0.05) is 48.5 Å². The number of esters is 1. The molecule has 8 heteroatoms. The number of aryl methyl sites for hydroxylation is 1. The van der Waals surface area contributed by atoms with Crippen LogP contribution in [0.3, 0.4) is 0 Å². The Hall–Kier alpha value is -4.04. The number of H-pyrrole nitrogens is 1. The molecule has 0 saturated heterocycles. The number of hydrogen-bond donors (Lipinski definition) is 1. The van der Waals surface area contributed by atoms with Gasteiger partial charge in [0, 0.05) is 29.1 Å². The zero-order valence-electron chi connectivity index (χ0n) is 18.4. The molecule has 3 heterocycles. The molecule has 5 rings (SSSR count). The lowest BCUT2D eigenvalue weighted by Crippen LogP contribution is -2.24. The van der Waals surface area contributed by atoms with Gasteiger partial charge in [-0.3, -0.25) is 14.2 Å². The lowest BCUT2D eigenvalue weighted by molar-refractivity contribution is 0.0514. The highest BCUT2D eigenvalue weighted by Crippen LogP contribution is 2.27.